The molecule has 0 unspecified atom stereocenters. The molecule has 10 heteroatoms. The topological polar surface area (TPSA) is 139 Å². The molecule has 0 radical (unpaired) electrons. The quantitative estimate of drug-likeness (QED) is 0.463. The second kappa shape index (κ2) is 5.63. The fraction of sp³-hybridized carbons (Fsp3) is 0.385. The minimum atomic E-state index is -1.04. The van der Waals surface area contributed by atoms with E-state index in [2.05, 4.69) is 0 Å². The molecule has 0 amide bonds. The van der Waals surface area contributed by atoms with E-state index in [1.165, 1.54) is 0 Å². The Morgan fingerprint density at radius 1 is 1.22 bits per heavy atom. The van der Waals surface area contributed by atoms with Crippen molar-refractivity contribution in [1.82, 2.24) is 0 Å². The Morgan fingerprint density at radius 2 is 1.74 bits per heavy atom. The van der Waals surface area contributed by atoms with Gasteiger partial charge in [0.05, 0.1) is 27.9 Å². The molecule has 2 rings (SSSR count). The van der Waals surface area contributed by atoms with Crippen LogP contribution in [0.25, 0.3) is 0 Å². The summed E-state index contributed by atoms with van der Waals surface area (Å²) in [6.07, 6.45) is -1.05. The average molecular weight is 324 g/mol. The van der Waals surface area contributed by atoms with Gasteiger partial charge >= 0.3 is 11.9 Å². The lowest BCUT2D eigenvalue weighted by molar-refractivity contribution is -0.394. The lowest BCUT2D eigenvalue weighted by Crippen LogP contribution is -2.35. The molecular weight excluding hydrogens is 312 g/mol. The number of ether oxygens (including phenoxy) is 2. The molecule has 1 aliphatic heterocycles. The summed E-state index contributed by atoms with van der Waals surface area (Å²) in [4.78, 5) is 43.3. The fourth-order valence-electron chi connectivity index (χ4n) is 2.10. The maximum Gasteiger partial charge on any atom is 0.339 e. The van der Waals surface area contributed by atoms with E-state index >= 15 is 0 Å². The first-order valence-electron chi connectivity index (χ1n) is 6.47. The van der Waals surface area contributed by atoms with Crippen LogP contribution in [-0.2, 0) is 14.3 Å². The Hall–Kier alpha value is -3.04. The zero-order valence-electron chi connectivity index (χ0n) is 12.2. The van der Waals surface area contributed by atoms with Crippen molar-refractivity contribution in [1.29, 1.82) is 0 Å². The maximum atomic E-state index is 12.1. The van der Waals surface area contributed by atoms with Crippen molar-refractivity contribution < 1.29 is 28.9 Å². The van der Waals surface area contributed by atoms with Crippen LogP contribution in [0.3, 0.4) is 0 Å². The fourth-order valence-corrected chi connectivity index (χ4v) is 2.10. The predicted molar refractivity (Wildman–Crippen MR) is 73.7 cm³/mol. The second-order valence-electron chi connectivity index (χ2n) is 5.43. The molecule has 1 aliphatic rings. The molecule has 0 aromatic heterocycles. The van der Waals surface area contributed by atoms with Crippen LogP contribution < -0.4 is 0 Å². The lowest BCUT2D eigenvalue weighted by Gasteiger charge is -2.24. The number of hydrogen-bond donors (Lipinski definition) is 0. The summed E-state index contributed by atoms with van der Waals surface area (Å²) in [6, 6.07) is 2.49. The number of carbonyl (C=O) groups excluding carboxylic acids is 2. The molecule has 1 aromatic carbocycles. The third-order valence-corrected chi connectivity index (χ3v) is 3.31. The van der Waals surface area contributed by atoms with E-state index in [1.54, 1.807) is 13.8 Å². The zero-order valence-corrected chi connectivity index (χ0v) is 12.2. The second-order valence-corrected chi connectivity index (χ2v) is 5.43. The molecule has 1 heterocycles. The monoisotopic (exact) mass is 324 g/mol. The highest BCUT2D eigenvalue weighted by Gasteiger charge is 2.44. The van der Waals surface area contributed by atoms with Crippen LogP contribution in [0.1, 0.15) is 30.6 Å². The van der Waals surface area contributed by atoms with Crippen molar-refractivity contribution in [2.45, 2.75) is 32.0 Å². The van der Waals surface area contributed by atoms with E-state index in [0.717, 1.165) is 18.2 Å². The first kappa shape index (κ1) is 16.3. The van der Waals surface area contributed by atoms with Gasteiger partial charge in [-0.15, -0.1) is 0 Å². The molecule has 1 saturated heterocycles. The third-order valence-electron chi connectivity index (χ3n) is 3.31. The van der Waals surface area contributed by atoms with Gasteiger partial charge in [-0.2, -0.15) is 0 Å². The van der Waals surface area contributed by atoms with Gasteiger partial charge in [0, 0.05) is 12.1 Å². The summed E-state index contributed by atoms with van der Waals surface area (Å²) in [5.41, 5.74) is -2.60. The van der Waals surface area contributed by atoms with Crippen LogP contribution >= 0.6 is 0 Å². The van der Waals surface area contributed by atoms with Crippen LogP contribution in [0, 0.1) is 20.2 Å². The largest absolute Gasteiger partial charge is 0.456 e. The van der Waals surface area contributed by atoms with Crippen LogP contribution in [-0.4, -0.2) is 33.5 Å². The summed E-state index contributed by atoms with van der Waals surface area (Å²) >= 11 is 0. The van der Waals surface area contributed by atoms with Crippen molar-refractivity contribution in [3.8, 4) is 0 Å². The number of nitro groups is 2. The smallest absolute Gasteiger partial charge is 0.339 e. The molecule has 0 spiro atoms. The number of hydrogen-bond acceptors (Lipinski definition) is 8. The van der Waals surface area contributed by atoms with Gasteiger partial charge in [0.2, 0.25) is 0 Å². The number of benzene rings is 1. The van der Waals surface area contributed by atoms with Gasteiger partial charge in [-0.25, -0.2) is 4.79 Å². The van der Waals surface area contributed by atoms with Crippen LogP contribution in [0.2, 0.25) is 0 Å². The summed E-state index contributed by atoms with van der Waals surface area (Å²) in [5, 5.41) is 21.6. The molecule has 23 heavy (non-hydrogen) atoms. The highest BCUT2D eigenvalue weighted by Crippen LogP contribution is 2.30. The van der Waals surface area contributed by atoms with E-state index in [0.29, 0.717) is 0 Å². The van der Waals surface area contributed by atoms with Crippen molar-refractivity contribution >= 4 is 23.3 Å². The number of cyclic esters (lactones) is 1. The van der Waals surface area contributed by atoms with Crippen LogP contribution in [0.5, 0.6) is 0 Å². The average Bonchev–Trinajstić information content (AvgIpc) is 2.70. The summed E-state index contributed by atoms with van der Waals surface area (Å²) in [6.45, 7) is 3.09. The van der Waals surface area contributed by atoms with Crippen molar-refractivity contribution in [3.63, 3.8) is 0 Å². The molecular formula is C13H12N2O8. The van der Waals surface area contributed by atoms with E-state index in [-0.39, 0.29) is 12.0 Å². The van der Waals surface area contributed by atoms with Crippen molar-refractivity contribution in [2.24, 2.45) is 0 Å². The molecule has 0 aliphatic carbocycles. The minimum Gasteiger partial charge on any atom is -0.456 e. The Bertz CT molecular complexity index is 680. The number of non-ortho nitro benzene ring substituents is 2. The summed E-state index contributed by atoms with van der Waals surface area (Å²) in [7, 11) is 0. The lowest BCUT2D eigenvalue weighted by atomic mass is 10.0. The van der Waals surface area contributed by atoms with Gasteiger partial charge in [-0.1, -0.05) is 0 Å². The molecule has 0 N–H and O–H groups in total. The first-order valence-corrected chi connectivity index (χ1v) is 6.47. The Morgan fingerprint density at radius 3 is 2.13 bits per heavy atom. The molecule has 0 bridgehead atoms. The van der Waals surface area contributed by atoms with Gasteiger partial charge in [-0.05, 0) is 13.8 Å². The highest BCUT2D eigenvalue weighted by atomic mass is 16.6. The maximum absolute atomic E-state index is 12.1. The number of rotatable bonds is 4. The zero-order chi connectivity index (χ0) is 17.4. The number of esters is 2. The number of nitro benzene ring substituents is 2. The van der Waals surface area contributed by atoms with E-state index < -0.39 is 44.9 Å². The molecule has 1 aromatic rings. The predicted octanol–water partition coefficient (Wildman–Crippen LogP) is 1.75. The Kier molecular flexibility index (Phi) is 4.00. The van der Waals surface area contributed by atoms with Gasteiger partial charge < -0.3 is 9.47 Å². The van der Waals surface area contributed by atoms with E-state index in [4.69, 9.17) is 9.47 Å². The standard InChI is InChI=1S/C13H12N2O8/c1-13(2)10(6-11(16)23-13)22-12(17)7-3-8(14(18)19)5-9(4-7)15(20)21/h3-5,10H,6H2,1-2H3/t10-/m1/s1. The van der Waals surface area contributed by atoms with Gasteiger partial charge in [0.1, 0.15) is 5.60 Å². The Balaban J connectivity index is 2.30. The minimum absolute atomic E-state index is 0.157. The van der Waals surface area contributed by atoms with Crippen molar-refractivity contribution in [2.75, 3.05) is 0 Å². The molecule has 0 saturated carbocycles. The van der Waals surface area contributed by atoms with Gasteiger partial charge in [0.25, 0.3) is 11.4 Å². The highest BCUT2D eigenvalue weighted by molar-refractivity contribution is 5.91. The molecule has 10 nitrogen and oxygen atoms in total. The first-order chi connectivity index (χ1) is 10.6. The van der Waals surface area contributed by atoms with Gasteiger partial charge in [-0.3, -0.25) is 25.0 Å². The van der Waals surface area contributed by atoms with E-state index in [9.17, 15) is 29.8 Å². The van der Waals surface area contributed by atoms with Crippen LogP contribution in [0.15, 0.2) is 18.2 Å². The summed E-state index contributed by atoms with van der Waals surface area (Å²) < 4.78 is 10.1. The summed E-state index contributed by atoms with van der Waals surface area (Å²) in [5.74, 6) is -1.55. The number of carbonyl (C=O) groups is 2. The van der Waals surface area contributed by atoms with Crippen LogP contribution in [0.4, 0.5) is 11.4 Å². The molecule has 1 atom stereocenters. The normalized spacial score (nSPS) is 19.0. The Labute approximate surface area is 129 Å². The SMILES string of the molecule is CC1(C)OC(=O)C[C@H]1OC(=O)c1cc([N+](=O)[O-])cc([N+](=O)[O-])c1. The number of nitrogens with zero attached hydrogens (tertiary/aromatic N) is 2. The van der Waals surface area contributed by atoms with Gasteiger partial charge in [0.15, 0.2) is 6.10 Å². The molecule has 1 fully saturated rings. The van der Waals surface area contributed by atoms with E-state index in [1.807, 2.05) is 0 Å². The molecule has 122 valence electrons. The van der Waals surface area contributed by atoms with Crippen molar-refractivity contribution in [3.05, 3.63) is 44.0 Å². The third kappa shape index (κ3) is 3.42.